The van der Waals surface area contributed by atoms with E-state index in [-0.39, 0.29) is 42.7 Å². The van der Waals surface area contributed by atoms with Crippen molar-refractivity contribution in [1.82, 2.24) is 10.3 Å². The topological polar surface area (TPSA) is 68.0 Å². The van der Waals surface area contributed by atoms with Crippen molar-refractivity contribution in [2.75, 3.05) is 0 Å². The van der Waals surface area contributed by atoms with Gasteiger partial charge in [-0.3, -0.25) is 4.79 Å². The van der Waals surface area contributed by atoms with Gasteiger partial charge >= 0.3 is 0 Å². The highest BCUT2D eigenvalue weighted by Crippen LogP contribution is 2.40. The van der Waals surface area contributed by atoms with Crippen LogP contribution < -0.4 is 11.1 Å². The van der Waals surface area contributed by atoms with Gasteiger partial charge in [-0.25, -0.2) is 4.98 Å². The SMILES string of the molecule is Cl.Cl.NC1CCCC(C(=O)NCc2nc(C3CC3)cs2)C1. The van der Waals surface area contributed by atoms with E-state index in [0.717, 1.165) is 30.7 Å². The summed E-state index contributed by atoms with van der Waals surface area (Å²) < 4.78 is 0. The number of hydrogen-bond acceptors (Lipinski definition) is 4. The second-order valence-corrected chi connectivity index (χ2v) is 6.72. The zero-order chi connectivity index (χ0) is 13.2. The molecule has 7 heteroatoms. The highest BCUT2D eigenvalue weighted by molar-refractivity contribution is 7.09. The zero-order valence-corrected chi connectivity index (χ0v) is 14.4. The van der Waals surface area contributed by atoms with Gasteiger partial charge in [0.25, 0.3) is 0 Å². The smallest absolute Gasteiger partial charge is 0.223 e. The maximum absolute atomic E-state index is 12.1. The lowest BCUT2D eigenvalue weighted by Crippen LogP contribution is -2.37. The minimum absolute atomic E-state index is 0. The molecule has 120 valence electrons. The Labute approximate surface area is 142 Å². The molecule has 1 amide bonds. The predicted octanol–water partition coefficient (Wildman–Crippen LogP) is 3.00. The van der Waals surface area contributed by atoms with Gasteiger partial charge < -0.3 is 11.1 Å². The Morgan fingerprint density at radius 3 is 2.76 bits per heavy atom. The molecule has 0 saturated heterocycles. The van der Waals surface area contributed by atoms with Crippen molar-refractivity contribution in [2.24, 2.45) is 11.7 Å². The Balaban J connectivity index is 0.00000110. The van der Waals surface area contributed by atoms with Gasteiger partial charge in [0.15, 0.2) is 0 Å². The quantitative estimate of drug-likeness (QED) is 0.875. The van der Waals surface area contributed by atoms with Crippen LogP contribution in [-0.2, 0) is 11.3 Å². The number of carbonyl (C=O) groups is 1. The number of carbonyl (C=O) groups excluding carboxylic acids is 1. The van der Waals surface area contributed by atoms with Gasteiger partial charge in [0.1, 0.15) is 5.01 Å². The summed E-state index contributed by atoms with van der Waals surface area (Å²) in [6.07, 6.45) is 6.48. The Morgan fingerprint density at radius 2 is 2.10 bits per heavy atom. The number of rotatable bonds is 4. The van der Waals surface area contributed by atoms with Crippen LogP contribution in [-0.4, -0.2) is 16.9 Å². The summed E-state index contributed by atoms with van der Waals surface area (Å²) in [5.41, 5.74) is 7.14. The van der Waals surface area contributed by atoms with Crippen molar-refractivity contribution in [3.8, 4) is 0 Å². The molecule has 2 aliphatic carbocycles. The van der Waals surface area contributed by atoms with E-state index in [2.05, 4.69) is 15.7 Å². The van der Waals surface area contributed by atoms with E-state index < -0.39 is 0 Å². The summed E-state index contributed by atoms with van der Waals surface area (Å²) in [7, 11) is 0. The molecule has 3 rings (SSSR count). The van der Waals surface area contributed by atoms with Crippen molar-refractivity contribution in [1.29, 1.82) is 0 Å². The summed E-state index contributed by atoms with van der Waals surface area (Å²) in [6, 6.07) is 0.200. The Bertz CT molecular complexity index is 465. The maximum atomic E-state index is 12.1. The molecule has 21 heavy (non-hydrogen) atoms. The molecule has 0 radical (unpaired) electrons. The fraction of sp³-hybridized carbons (Fsp3) is 0.714. The molecular weight excluding hydrogens is 329 g/mol. The molecule has 0 bridgehead atoms. The lowest BCUT2D eigenvalue weighted by atomic mass is 9.85. The van der Waals surface area contributed by atoms with Crippen LogP contribution in [0.4, 0.5) is 0 Å². The average molecular weight is 352 g/mol. The number of thiazole rings is 1. The zero-order valence-electron chi connectivity index (χ0n) is 11.9. The van der Waals surface area contributed by atoms with Crippen molar-refractivity contribution in [2.45, 2.75) is 57.0 Å². The number of halogens is 2. The number of amides is 1. The first-order chi connectivity index (χ1) is 9.22. The van der Waals surface area contributed by atoms with E-state index in [9.17, 15) is 4.79 Å². The summed E-state index contributed by atoms with van der Waals surface area (Å²) in [5, 5.41) is 6.17. The highest BCUT2D eigenvalue weighted by Gasteiger charge is 2.27. The standard InChI is InChI=1S/C14H21N3OS.2ClH/c15-11-3-1-2-10(6-11)14(18)16-7-13-17-12(8-19-13)9-4-5-9;;/h8-11H,1-7,15H2,(H,16,18);2*1H. The van der Waals surface area contributed by atoms with E-state index in [0.29, 0.717) is 12.5 Å². The largest absolute Gasteiger partial charge is 0.349 e. The Kier molecular flexibility index (Phi) is 7.40. The van der Waals surface area contributed by atoms with Gasteiger partial charge in [-0.15, -0.1) is 36.2 Å². The fourth-order valence-corrected chi connectivity index (χ4v) is 3.56. The molecule has 1 heterocycles. The molecule has 4 nitrogen and oxygen atoms in total. The number of nitrogens with two attached hydrogens (primary N) is 1. The number of nitrogens with zero attached hydrogens (tertiary/aromatic N) is 1. The summed E-state index contributed by atoms with van der Waals surface area (Å²) in [6.45, 7) is 0.571. The molecule has 0 aliphatic heterocycles. The number of hydrogen-bond donors (Lipinski definition) is 2. The van der Waals surface area contributed by atoms with E-state index in [1.54, 1.807) is 11.3 Å². The third-order valence-corrected chi connectivity index (χ3v) is 4.93. The van der Waals surface area contributed by atoms with Crippen molar-refractivity contribution in [3.63, 3.8) is 0 Å². The van der Waals surface area contributed by atoms with E-state index in [1.807, 2.05) is 0 Å². The number of aromatic nitrogens is 1. The Hall–Kier alpha value is -0.360. The van der Waals surface area contributed by atoms with Gasteiger partial charge in [-0.2, -0.15) is 0 Å². The normalized spacial score (nSPS) is 24.6. The molecule has 2 saturated carbocycles. The molecular formula is C14H23Cl2N3OS. The monoisotopic (exact) mass is 351 g/mol. The lowest BCUT2D eigenvalue weighted by molar-refractivity contribution is -0.126. The first-order valence-corrected chi connectivity index (χ1v) is 8.08. The molecule has 2 unspecified atom stereocenters. The van der Waals surface area contributed by atoms with E-state index >= 15 is 0 Å². The van der Waals surface area contributed by atoms with Crippen LogP contribution >= 0.6 is 36.2 Å². The third kappa shape index (κ3) is 5.09. The summed E-state index contributed by atoms with van der Waals surface area (Å²) in [5.74, 6) is 0.946. The van der Waals surface area contributed by atoms with Crippen molar-refractivity contribution >= 4 is 42.1 Å². The maximum Gasteiger partial charge on any atom is 0.223 e. The number of nitrogens with one attached hydrogen (secondary N) is 1. The van der Waals surface area contributed by atoms with Gasteiger partial charge in [0.2, 0.25) is 5.91 Å². The molecule has 1 aromatic rings. The van der Waals surface area contributed by atoms with Crippen molar-refractivity contribution in [3.05, 3.63) is 16.1 Å². The van der Waals surface area contributed by atoms with Crippen molar-refractivity contribution < 1.29 is 4.79 Å². The van der Waals surface area contributed by atoms with Gasteiger partial charge in [0, 0.05) is 23.3 Å². The average Bonchev–Trinajstić information content (AvgIpc) is 3.15. The van der Waals surface area contributed by atoms with Crippen LogP contribution in [0.2, 0.25) is 0 Å². The summed E-state index contributed by atoms with van der Waals surface area (Å²) in [4.78, 5) is 16.7. The third-order valence-electron chi connectivity index (χ3n) is 4.06. The second-order valence-electron chi connectivity index (χ2n) is 5.78. The fourth-order valence-electron chi connectivity index (χ4n) is 2.75. The van der Waals surface area contributed by atoms with E-state index in [1.165, 1.54) is 18.5 Å². The summed E-state index contributed by atoms with van der Waals surface area (Å²) >= 11 is 1.66. The van der Waals surface area contributed by atoms with Gasteiger partial charge in [-0.1, -0.05) is 6.42 Å². The van der Waals surface area contributed by atoms with Crippen LogP contribution in [0.1, 0.15) is 55.1 Å². The van der Waals surface area contributed by atoms with Gasteiger partial charge in [0.05, 0.1) is 12.2 Å². The van der Waals surface area contributed by atoms with Crippen LogP contribution in [0.3, 0.4) is 0 Å². The lowest BCUT2D eigenvalue weighted by Gasteiger charge is -2.25. The molecule has 2 aliphatic rings. The molecule has 0 spiro atoms. The van der Waals surface area contributed by atoms with Crippen LogP contribution in [0.15, 0.2) is 5.38 Å². The first-order valence-electron chi connectivity index (χ1n) is 7.20. The second kappa shape index (κ2) is 8.32. The first kappa shape index (κ1) is 18.7. The minimum atomic E-state index is 0. The molecule has 0 aromatic carbocycles. The molecule has 3 N–H and O–H groups in total. The minimum Gasteiger partial charge on any atom is -0.349 e. The molecule has 1 aromatic heterocycles. The van der Waals surface area contributed by atoms with Crippen LogP contribution in [0.25, 0.3) is 0 Å². The van der Waals surface area contributed by atoms with Crippen LogP contribution in [0, 0.1) is 5.92 Å². The molecule has 2 fully saturated rings. The van der Waals surface area contributed by atoms with E-state index in [4.69, 9.17) is 5.73 Å². The van der Waals surface area contributed by atoms with Crippen LogP contribution in [0.5, 0.6) is 0 Å². The predicted molar refractivity (Wildman–Crippen MR) is 90.4 cm³/mol. The molecule has 2 atom stereocenters. The van der Waals surface area contributed by atoms with Gasteiger partial charge in [-0.05, 0) is 32.1 Å². The highest BCUT2D eigenvalue weighted by atomic mass is 35.5. The Morgan fingerprint density at radius 1 is 1.33 bits per heavy atom.